The Kier molecular flexibility index (Phi) is 2.76. The first-order valence-corrected chi connectivity index (χ1v) is 4.43. The van der Waals surface area contributed by atoms with Crippen molar-refractivity contribution in [1.29, 1.82) is 0 Å². The molecule has 1 aliphatic heterocycles. The highest BCUT2D eigenvalue weighted by atomic mass is 16.3. The van der Waals surface area contributed by atoms with Crippen LogP contribution in [0.4, 0.5) is 0 Å². The van der Waals surface area contributed by atoms with Crippen molar-refractivity contribution in [2.45, 2.75) is 37.8 Å². The van der Waals surface area contributed by atoms with Gasteiger partial charge in [0.1, 0.15) is 0 Å². The Hall–Kier alpha value is -0.520. The first-order valence-electron chi connectivity index (χ1n) is 4.43. The standard InChI is InChI=1S/C10H17NO/c1-4-5-10(12)6-7-11(3)9(2)8-10/h1,9,12H,5-8H2,2-3H3. The second-order valence-electron chi connectivity index (χ2n) is 3.89. The molecule has 1 aliphatic rings. The normalized spacial score (nSPS) is 37.7. The van der Waals surface area contributed by atoms with Gasteiger partial charge in [-0.15, -0.1) is 12.3 Å². The van der Waals surface area contributed by atoms with Crippen LogP contribution in [0.25, 0.3) is 0 Å². The number of likely N-dealkylation sites (tertiary alicyclic amines) is 1. The molecule has 1 N–H and O–H groups in total. The number of hydrogen-bond donors (Lipinski definition) is 1. The lowest BCUT2D eigenvalue weighted by Crippen LogP contribution is -2.47. The molecule has 0 amide bonds. The molecule has 12 heavy (non-hydrogen) atoms. The molecule has 68 valence electrons. The van der Waals surface area contributed by atoms with E-state index in [-0.39, 0.29) is 0 Å². The van der Waals surface area contributed by atoms with E-state index in [1.165, 1.54) is 0 Å². The van der Waals surface area contributed by atoms with Gasteiger partial charge in [-0.2, -0.15) is 0 Å². The van der Waals surface area contributed by atoms with Crippen molar-refractivity contribution >= 4 is 0 Å². The molecule has 2 unspecified atom stereocenters. The van der Waals surface area contributed by atoms with Crippen molar-refractivity contribution in [1.82, 2.24) is 4.90 Å². The minimum atomic E-state index is -0.597. The molecule has 0 bridgehead atoms. The van der Waals surface area contributed by atoms with Gasteiger partial charge in [-0.1, -0.05) is 0 Å². The van der Waals surface area contributed by atoms with Gasteiger partial charge in [-0.05, 0) is 26.8 Å². The van der Waals surface area contributed by atoms with E-state index < -0.39 is 5.60 Å². The van der Waals surface area contributed by atoms with Gasteiger partial charge in [0.2, 0.25) is 0 Å². The van der Waals surface area contributed by atoms with E-state index in [2.05, 4.69) is 24.8 Å². The summed E-state index contributed by atoms with van der Waals surface area (Å²) in [5.41, 5.74) is -0.597. The maximum Gasteiger partial charge on any atom is 0.0783 e. The lowest BCUT2D eigenvalue weighted by molar-refractivity contribution is -0.0317. The molecule has 0 radical (unpaired) electrons. The van der Waals surface area contributed by atoms with E-state index in [9.17, 15) is 5.11 Å². The summed E-state index contributed by atoms with van der Waals surface area (Å²) in [4.78, 5) is 2.25. The van der Waals surface area contributed by atoms with Crippen molar-refractivity contribution in [3.8, 4) is 12.3 Å². The van der Waals surface area contributed by atoms with Crippen LogP contribution in [-0.2, 0) is 0 Å². The minimum absolute atomic E-state index is 0.442. The van der Waals surface area contributed by atoms with Gasteiger partial charge in [0.25, 0.3) is 0 Å². The van der Waals surface area contributed by atoms with E-state index >= 15 is 0 Å². The summed E-state index contributed by atoms with van der Waals surface area (Å²) < 4.78 is 0. The molecule has 0 aromatic heterocycles. The molecule has 1 fully saturated rings. The van der Waals surface area contributed by atoms with Gasteiger partial charge in [-0.25, -0.2) is 0 Å². The average molecular weight is 167 g/mol. The zero-order chi connectivity index (χ0) is 9.19. The molecule has 0 aliphatic carbocycles. The highest BCUT2D eigenvalue weighted by Crippen LogP contribution is 2.28. The van der Waals surface area contributed by atoms with Gasteiger partial charge in [0.05, 0.1) is 5.60 Å². The fourth-order valence-electron chi connectivity index (χ4n) is 1.76. The zero-order valence-corrected chi connectivity index (χ0v) is 7.88. The summed E-state index contributed by atoms with van der Waals surface area (Å²) in [6.45, 7) is 3.07. The Morgan fingerprint density at radius 3 is 2.92 bits per heavy atom. The van der Waals surface area contributed by atoms with Crippen molar-refractivity contribution < 1.29 is 5.11 Å². The Bertz CT molecular complexity index is 197. The van der Waals surface area contributed by atoms with Crippen LogP contribution >= 0.6 is 0 Å². The maximum atomic E-state index is 9.99. The van der Waals surface area contributed by atoms with Gasteiger partial charge in [-0.3, -0.25) is 0 Å². The summed E-state index contributed by atoms with van der Waals surface area (Å²) in [5, 5.41) is 9.99. The van der Waals surface area contributed by atoms with Crippen LogP contribution in [0.2, 0.25) is 0 Å². The number of terminal acetylenes is 1. The van der Waals surface area contributed by atoms with Gasteiger partial charge in [0, 0.05) is 19.0 Å². The van der Waals surface area contributed by atoms with Crippen LogP contribution < -0.4 is 0 Å². The molecule has 1 heterocycles. The van der Waals surface area contributed by atoms with Crippen molar-refractivity contribution in [3.63, 3.8) is 0 Å². The van der Waals surface area contributed by atoms with Crippen LogP contribution in [0.1, 0.15) is 26.2 Å². The second-order valence-corrected chi connectivity index (χ2v) is 3.89. The molecule has 2 nitrogen and oxygen atoms in total. The molecule has 1 rings (SSSR count). The molecule has 1 saturated heterocycles. The molecule has 2 heteroatoms. The number of piperidine rings is 1. The molecular formula is C10H17NO. The second kappa shape index (κ2) is 3.47. The third-order valence-electron chi connectivity index (χ3n) is 2.79. The largest absolute Gasteiger partial charge is 0.389 e. The maximum absolute atomic E-state index is 9.99. The third-order valence-corrected chi connectivity index (χ3v) is 2.79. The summed E-state index contributed by atoms with van der Waals surface area (Å²) in [7, 11) is 2.08. The van der Waals surface area contributed by atoms with E-state index in [1.54, 1.807) is 0 Å². The predicted octanol–water partition coefficient (Wildman–Crippen LogP) is 0.855. The van der Waals surface area contributed by atoms with Gasteiger partial charge in [0.15, 0.2) is 0 Å². The lowest BCUT2D eigenvalue weighted by Gasteiger charge is -2.40. The molecule has 0 saturated carbocycles. The monoisotopic (exact) mass is 167 g/mol. The summed E-state index contributed by atoms with van der Waals surface area (Å²) >= 11 is 0. The zero-order valence-electron chi connectivity index (χ0n) is 7.88. The average Bonchev–Trinajstić information content (AvgIpc) is 1.98. The van der Waals surface area contributed by atoms with Crippen molar-refractivity contribution in [2.75, 3.05) is 13.6 Å². The Morgan fingerprint density at radius 2 is 2.42 bits per heavy atom. The predicted molar refractivity (Wildman–Crippen MR) is 49.7 cm³/mol. The Balaban J connectivity index is 2.55. The smallest absolute Gasteiger partial charge is 0.0783 e. The number of rotatable bonds is 1. The van der Waals surface area contributed by atoms with Crippen LogP contribution in [0.3, 0.4) is 0 Å². The number of hydrogen-bond acceptors (Lipinski definition) is 2. The third kappa shape index (κ3) is 2.00. The van der Waals surface area contributed by atoms with Crippen molar-refractivity contribution in [2.24, 2.45) is 0 Å². The first-order chi connectivity index (χ1) is 5.57. The number of nitrogens with zero attached hydrogens (tertiary/aromatic N) is 1. The fraction of sp³-hybridized carbons (Fsp3) is 0.800. The molecular weight excluding hydrogens is 150 g/mol. The minimum Gasteiger partial charge on any atom is -0.389 e. The summed E-state index contributed by atoms with van der Waals surface area (Å²) in [6, 6.07) is 0.442. The first kappa shape index (κ1) is 9.57. The fourth-order valence-corrected chi connectivity index (χ4v) is 1.76. The van der Waals surface area contributed by atoms with Gasteiger partial charge >= 0.3 is 0 Å². The summed E-state index contributed by atoms with van der Waals surface area (Å²) in [6.07, 6.45) is 7.30. The highest BCUT2D eigenvalue weighted by molar-refractivity contribution is 4.99. The van der Waals surface area contributed by atoms with Gasteiger partial charge < -0.3 is 10.0 Å². The van der Waals surface area contributed by atoms with Crippen LogP contribution in [0.5, 0.6) is 0 Å². The van der Waals surface area contributed by atoms with E-state index in [4.69, 9.17) is 6.42 Å². The van der Waals surface area contributed by atoms with Crippen LogP contribution in [0, 0.1) is 12.3 Å². The van der Waals surface area contributed by atoms with Crippen LogP contribution in [-0.4, -0.2) is 35.2 Å². The lowest BCUT2D eigenvalue weighted by atomic mass is 9.85. The molecule has 2 atom stereocenters. The Morgan fingerprint density at radius 1 is 1.75 bits per heavy atom. The molecule has 0 aromatic rings. The Labute approximate surface area is 74.6 Å². The van der Waals surface area contributed by atoms with E-state index in [0.29, 0.717) is 12.5 Å². The quantitative estimate of drug-likeness (QED) is 0.585. The van der Waals surface area contributed by atoms with Crippen molar-refractivity contribution in [3.05, 3.63) is 0 Å². The van der Waals surface area contributed by atoms with E-state index in [1.807, 2.05) is 0 Å². The highest BCUT2D eigenvalue weighted by Gasteiger charge is 2.33. The SMILES string of the molecule is C#CCC1(O)CCN(C)C(C)C1. The topological polar surface area (TPSA) is 23.5 Å². The number of aliphatic hydroxyl groups is 1. The van der Waals surface area contributed by atoms with E-state index in [0.717, 1.165) is 19.4 Å². The molecule has 0 aromatic carbocycles. The van der Waals surface area contributed by atoms with Crippen LogP contribution in [0.15, 0.2) is 0 Å². The summed E-state index contributed by atoms with van der Waals surface area (Å²) in [5.74, 6) is 2.54. The molecule has 0 spiro atoms.